The lowest BCUT2D eigenvalue weighted by molar-refractivity contribution is 0.132. The Balaban J connectivity index is 1.21. The summed E-state index contributed by atoms with van der Waals surface area (Å²) in [5.41, 5.74) is 1.72. The number of nitrogens with one attached hydrogen (secondary N) is 2. The van der Waals surface area contributed by atoms with Crippen LogP contribution in [0, 0.1) is 6.92 Å². The van der Waals surface area contributed by atoms with Gasteiger partial charge >= 0.3 is 6.03 Å². The molecule has 0 bridgehead atoms. The Kier molecular flexibility index (Phi) is 6.47. The van der Waals surface area contributed by atoms with Gasteiger partial charge < -0.3 is 19.9 Å². The van der Waals surface area contributed by atoms with Crippen LogP contribution in [0.4, 0.5) is 4.79 Å². The third-order valence-corrected chi connectivity index (χ3v) is 5.33. The van der Waals surface area contributed by atoms with Crippen molar-refractivity contribution in [2.75, 3.05) is 39.3 Å². The molecule has 3 aromatic rings. The second kappa shape index (κ2) is 9.61. The number of rotatable bonds is 6. The number of amides is 2. The molecule has 0 aliphatic carbocycles. The molecule has 1 aliphatic heterocycles. The van der Waals surface area contributed by atoms with Gasteiger partial charge in [-0.3, -0.25) is 9.69 Å². The first-order chi connectivity index (χ1) is 15.1. The molecule has 1 aliphatic rings. The second-order valence-electron chi connectivity index (χ2n) is 7.69. The fraction of sp³-hybridized carbons (Fsp3) is 0.348. The lowest BCUT2D eigenvalue weighted by atomic mass is 10.2. The molecule has 0 atom stereocenters. The van der Waals surface area contributed by atoms with Gasteiger partial charge in [0.15, 0.2) is 0 Å². The lowest BCUT2D eigenvalue weighted by Gasteiger charge is -2.34. The molecule has 2 N–H and O–H groups in total. The number of nitrogens with zero attached hydrogens (tertiary/aromatic N) is 3. The van der Waals surface area contributed by atoms with Crippen molar-refractivity contribution in [1.29, 1.82) is 0 Å². The number of fused-ring (bicyclic) bond motifs is 1. The standard InChI is InChI=1S/C23H27N5O3/c1-17-5-4-6-18(15-17)31-14-9-24-23(30)28-12-10-27(11-13-28)16-21-25-20-8-3-2-7-19(20)22(29)26-21/h2-8,15H,9-14,16H2,1H3,(H,24,30)(H,25,26,29). The van der Waals surface area contributed by atoms with Crippen LogP contribution in [0.5, 0.6) is 5.75 Å². The number of aryl methyl sites for hydroxylation is 1. The van der Waals surface area contributed by atoms with Crippen LogP contribution in [0.3, 0.4) is 0 Å². The molecule has 0 radical (unpaired) electrons. The smallest absolute Gasteiger partial charge is 0.317 e. The first-order valence-corrected chi connectivity index (χ1v) is 10.5. The normalized spacial score (nSPS) is 14.5. The zero-order valence-corrected chi connectivity index (χ0v) is 17.6. The second-order valence-corrected chi connectivity index (χ2v) is 7.69. The van der Waals surface area contributed by atoms with Crippen molar-refractivity contribution >= 4 is 16.9 Å². The third kappa shape index (κ3) is 5.40. The van der Waals surface area contributed by atoms with Gasteiger partial charge in [-0.2, -0.15) is 0 Å². The van der Waals surface area contributed by atoms with Gasteiger partial charge in [-0.05, 0) is 36.8 Å². The van der Waals surface area contributed by atoms with Gasteiger partial charge in [0.05, 0.1) is 24.0 Å². The number of hydrogen-bond acceptors (Lipinski definition) is 5. The van der Waals surface area contributed by atoms with Crippen LogP contribution in [0.1, 0.15) is 11.4 Å². The fourth-order valence-electron chi connectivity index (χ4n) is 3.67. The van der Waals surface area contributed by atoms with Crippen LogP contribution in [-0.4, -0.2) is 65.1 Å². The Morgan fingerprint density at radius 1 is 1.13 bits per heavy atom. The van der Waals surface area contributed by atoms with Crippen LogP contribution >= 0.6 is 0 Å². The molecular weight excluding hydrogens is 394 g/mol. The van der Waals surface area contributed by atoms with Crippen LogP contribution < -0.4 is 15.6 Å². The van der Waals surface area contributed by atoms with Gasteiger partial charge in [-0.25, -0.2) is 9.78 Å². The number of aromatic nitrogens is 2. The van der Waals surface area contributed by atoms with Crippen molar-refractivity contribution in [2.45, 2.75) is 13.5 Å². The van der Waals surface area contributed by atoms with Crippen LogP contribution in [0.25, 0.3) is 10.9 Å². The molecule has 31 heavy (non-hydrogen) atoms. The first-order valence-electron chi connectivity index (χ1n) is 10.5. The quantitative estimate of drug-likeness (QED) is 0.595. The summed E-state index contributed by atoms with van der Waals surface area (Å²) < 4.78 is 5.67. The van der Waals surface area contributed by atoms with E-state index in [-0.39, 0.29) is 11.6 Å². The summed E-state index contributed by atoms with van der Waals surface area (Å²) in [6, 6.07) is 15.1. The number of urea groups is 1. The monoisotopic (exact) mass is 421 g/mol. The molecule has 1 saturated heterocycles. The van der Waals surface area contributed by atoms with E-state index in [1.165, 1.54) is 0 Å². The summed E-state index contributed by atoms with van der Waals surface area (Å²) in [6.07, 6.45) is 0. The predicted molar refractivity (Wildman–Crippen MR) is 119 cm³/mol. The highest BCUT2D eigenvalue weighted by Gasteiger charge is 2.21. The summed E-state index contributed by atoms with van der Waals surface area (Å²) in [7, 11) is 0. The van der Waals surface area contributed by atoms with Crippen molar-refractivity contribution in [3.63, 3.8) is 0 Å². The molecule has 0 spiro atoms. The zero-order chi connectivity index (χ0) is 21.6. The highest BCUT2D eigenvalue weighted by Crippen LogP contribution is 2.12. The number of hydrogen-bond donors (Lipinski definition) is 2. The summed E-state index contributed by atoms with van der Waals surface area (Å²) in [6.45, 7) is 6.16. The Hall–Kier alpha value is -3.39. The van der Waals surface area contributed by atoms with Crippen molar-refractivity contribution < 1.29 is 9.53 Å². The van der Waals surface area contributed by atoms with Gasteiger partial charge in [0.1, 0.15) is 18.2 Å². The molecule has 8 heteroatoms. The number of para-hydroxylation sites is 1. The minimum absolute atomic E-state index is 0.0790. The van der Waals surface area contributed by atoms with Crippen LogP contribution in [-0.2, 0) is 6.54 Å². The van der Waals surface area contributed by atoms with Crippen molar-refractivity contribution in [2.24, 2.45) is 0 Å². The molecule has 4 rings (SSSR count). The third-order valence-electron chi connectivity index (χ3n) is 5.33. The van der Waals surface area contributed by atoms with Crippen LogP contribution in [0.15, 0.2) is 53.3 Å². The number of benzene rings is 2. The summed E-state index contributed by atoms with van der Waals surface area (Å²) in [5, 5.41) is 3.51. The lowest BCUT2D eigenvalue weighted by Crippen LogP contribution is -2.52. The van der Waals surface area contributed by atoms with E-state index in [4.69, 9.17) is 4.74 Å². The van der Waals surface area contributed by atoms with E-state index < -0.39 is 0 Å². The van der Waals surface area contributed by atoms with Crippen molar-refractivity contribution in [3.8, 4) is 5.75 Å². The summed E-state index contributed by atoms with van der Waals surface area (Å²) >= 11 is 0. The van der Waals surface area contributed by atoms with Gasteiger partial charge in [-0.1, -0.05) is 24.3 Å². The molecule has 2 heterocycles. The molecule has 162 valence electrons. The minimum atomic E-state index is -0.119. The maximum Gasteiger partial charge on any atom is 0.317 e. The highest BCUT2D eigenvalue weighted by atomic mass is 16.5. The fourth-order valence-corrected chi connectivity index (χ4v) is 3.67. The molecule has 1 aromatic heterocycles. The van der Waals surface area contributed by atoms with Gasteiger partial charge in [0, 0.05) is 26.2 Å². The average Bonchev–Trinajstić information content (AvgIpc) is 2.77. The van der Waals surface area contributed by atoms with Gasteiger partial charge in [0.2, 0.25) is 0 Å². The van der Waals surface area contributed by atoms with E-state index in [1.54, 1.807) is 11.0 Å². The number of aromatic amines is 1. The molecule has 2 aromatic carbocycles. The Labute approximate surface area is 180 Å². The molecule has 0 unspecified atom stereocenters. The highest BCUT2D eigenvalue weighted by molar-refractivity contribution is 5.77. The Morgan fingerprint density at radius 3 is 2.74 bits per heavy atom. The van der Waals surface area contributed by atoms with E-state index in [2.05, 4.69) is 20.2 Å². The van der Waals surface area contributed by atoms with Crippen molar-refractivity contribution in [1.82, 2.24) is 25.1 Å². The molecule has 8 nitrogen and oxygen atoms in total. The number of carbonyl (C=O) groups is 1. The van der Waals surface area contributed by atoms with E-state index in [0.717, 1.165) is 24.4 Å². The Bertz CT molecular complexity index is 1110. The van der Waals surface area contributed by atoms with Crippen LogP contribution in [0.2, 0.25) is 0 Å². The topological polar surface area (TPSA) is 90.6 Å². The van der Waals surface area contributed by atoms with E-state index in [0.29, 0.717) is 49.5 Å². The molecule has 1 fully saturated rings. The number of carbonyl (C=O) groups excluding carboxylic acids is 1. The van der Waals surface area contributed by atoms with E-state index in [1.807, 2.05) is 49.4 Å². The first kappa shape index (κ1) is 20.9. The molecular formula is C23H27N5O3. The maximum atomic E-state index is 12.4. The largest absolute Gasteiger partial charge is 0.492 e. The van der Waals surface area contributed by atoms with E-state index >= 15 is 0 Å². The maximum absolute atomic E-state index is 12.4. The van der Waals surface area contributed by atoms with Crippen molar-refractivity contribution in [3.05, 3.63) is 70.3 Å². The molecule has 0 saturated carbocycles. The van der Waals surface area contributed by atoms with Gasteiger partial charge in [0.25, 0.3) is 5.56 Å². The zero-order valence-electron chi connectivity index (χ0n) is 17.6. The number of ether oxygens (including phenoxy) is 1. The number of piperazine rings is 1. The summed E-state index contributed by atoms with van der Waals surface area (Å²) in [4.78, 5) is 36.1. The average molecular weight is 422 g/mol. The van der Waals surface area contributed by atoms with Gasteiger partial charge in [-0.15, -0.1) is 0 Å². The van der Waals surface area contributed by atoms with E-state index in [9.17, 15) is 9.59 Å². The predicted octanol–water partition coefficient (Wildman–Crippen LogP) is 2.14. The number of H-pyrrole nitrogens is 1. The minimum Gasteiger partial charge on any atom is -0.492 e. The SMILES string of the molecule is Cc1cccc(OCCNC(=O)N2CCN(Cc3nc4ccccc4c(=O)[nH]3)CC2)c1. The summed E-state index contributed by atoms with van der Waals surface area (Å²) in [5.74, 6) is 1.46. The molecule has 2 amide bonds. The Morgan fingerprint density at radius 2 is 1.94 bits per heavy atom.